The van der Waals surface area contributed by atoms with E-state index in [9.17, 15) is 4.79 Å². The average Bonchev–Trinajstić information content (AvgIpc) is 3.51. The van der Waals surface area contributed by atoms with Gasteiger partial charge in [0.05, 0.1) is 7.11 Å². The summed E-state index contributed by atoms with van der Waals surface area (Å²) in [5, 5.41) is 14.0. The summed E-state index contributed by atoms with van der Waals surface area (Å²) < 4.78 is 7.23. The maximum atomic E-state index is 14.0. The first-order chi connectivity index (χ1) is 21.5. The first-order valence-electron chi connectivity index (χ1n) is 14.7. The van der Waals surface area contributed by atoms with Crippen molar-refractivity contribution in [3.05, 3.63) is 147 Å². The van der Waals surface area contributed by atoms with E-state index in [1.54, 1.807) is 13.3 Å². The molecule has 0 amide bonds. The molecule has 0 saturated heterocycles. The molecule has 3 aromatic carbocycles. The minimum Gasteiger partial charge on any atom is -0.497 e. The van der Waals surface area contributed by atoms with Gasteiger partial charge < -0.3 is 9.72 Å². The van der Waals surface area contributed by atoms with Gasteiger partial charge in [-0.2, -0.15) is 0 Å². The molecule has 6 aromatic rings. The number of H-pyrrole nitrogens is 1. The predicted molar refractivity (Wildman–Crippen MR) is 170 cm³/mol. The van der Waals surface area contributed by atoms with Gasteiger partial charge in [0.2, 0.25) is 0 Å². The van der Waals surface area contributed by atoms with Crippen molar-refractivity contribution in [2.45, 2.75) is 45.9 Å². The molecule has 3 heterocycles. The number of aromatic amines is 1. The van der Waals surface area contributed by atoms with E-state index >= 15 is 0 Å². The highest BCUT2D eigenvalue weighted by atomic mass is 16.5. The number of rotatable bonds is 11. The number of pyridine rings is 2. The molecule has 9 nitrogen and oxygen atoms in total. The number of tetrazole rings is 1. The first-order valence-corrected chi connectivity index (χ1v) is 14.7. The molecule has 0 bridgehead atoms. The molecule has 1 N–H and O–H groups in total. The molecule has 0 aliphatic heterocycles. The third-order valence-corrected chi connectivity index (χ3v) is 8.06. The zero-order valence-corrected chi connectivity index (χ0v) is 25.1. The van der Waals surface area contributed by atoms with Gasteiger partial charge in [0.15, 0.2) is 5.82 Å². The standard InChI is InChI=1S/C35H35N7O2/c1-24-18-29-20-31(35(43)37-32(29)19-25(24)2)33(34-38-39-40-42(34)17-15-26-8-5-4-6-9-26)41(23-28-10-7-16-36-21-28)22-27-11-13-30(44-3)14-12-27/h4-14,16,18-21,33H,15,17,22-23H2,1-3H3,(H,37,43). The molecule has 9 heteroatoms. The van der Waals surface area contributed by atoms with Crippen LogP contribution in [0.1, 0.15) is 45.2 Å². The van der Waals surface area contributed by atoms with Crippen LogP contribution < -0.4 is 10.3 Å². The molecule has 1 unspecified atom stereocenters. The maximum absolute atomic E-state index is 14.0. The lowest BCUT2D eigenvalue weighted by Crippen LogP contribution is -2.35. The van der Waals surface area contributed by atoms with Crippen molar-refractivity contribution < 1.29 is 4.74 Å². The SMILES string of the molecule is COc1ccc(CN(Cc2cccnc2)C(c2cc3cc(C)c(C)cc3[nH]c2=O)c2nnnn2CCc2ccccc2)cc1. The van der Waals surface area contributed by atoms with Gasteiger partial charge in [0.1, 0.15) is 11.8 Å². The van der Waals surface area contributed by atoms with Gasteiger partial charge in [-0.1, -0.05) is 48.5 Å². The lowest BCUT2D eigenvalue weighted by Gasteiger charge is -2.31. The summed E-state index contributed by atoms with van der Waals surface area (Å²) in [4.78, 5) is 23.7. The van der Waals surface area contributed by atoms with Gasteiger partial charge in [-0.3, -0.25) is 14.7 Å². The topological polar surface area (TPSA) is 102 Å². The molecule has 1 atom stereocenters. The van der Waals surface area contributed by atoms with Crippen LogP contribution in [0.3, 0.4) is 0 Å². The summed E-state index contributed by atoms with van der Waals surface area (Å²) in [6.07, 6.45) is 4.36. The molecule has 222 valence electrons. The molecule has 3 aromatic heterocycles. The van der Waals surface area contributed by atoms with Crippen LogP contribution >= 0.6 is 0 Å². The molecular formula is C35H35N7O2. The number of methoxy groups -OCH3 is 1. The summed E-state index contributed by atoms with van der Waals surface area (Å²) in [6.45, 7) is 5.74. The summed E-state index contributed by atoms with van der Waals surface area (Å²) in [5.41, 5.74) is 6.75. The van der Waals surface area contributed by atoms with Crippen LogP contribution in [-0.2, 0) is 26.1 Å². The van der Waals surface area contributed by atoms with E-state index in [0.717, 1.165) is 45.3 Å². The van der Waals surface area contributed by atoms with Crippen molar-refractivity contribution >= 4 is 10.9 Å². The van der Waals surface area contributed by atoms with Crippen LogP contribution in [0.4, 0.5) is 0 Å². The fourth-order valence-corrected chi connectivity index (χ4v) is 5.57. The van der Waals surface area contributed by atoms with E-state index in [1.165, 1.54) is 5.56 Å². The second-order valence-electron chi connectivity index (χ2n) is 11.1. The number of aromatic nitrogens is 6. The molecule has 0 radical (unpaired) electrons. The van der Waals surface area contributed by atoms with Crippen LogP contribution in [0.15, 0.2) is 102 Å². The largest absolute Gasteiger partial charge is 0.497 e. The van der Waals surface area contributed by atoms with Gasteiger partial charge in [-0.25, -0.2) is 4.68 Å². The molecule has 6 rings (SSSR count). The molecule has 44 heavy (non-hydrogen) atoms. The number of nitrogens with zero attached hydrogens (tertiary/aromatic N) is 6. The summed E-state index contributed by atoms with van der Waals surface area (Å²) in [7, 11) is 1.66. The highest BCUT2D eigenvalue weighted by Crippen LogP contribution is 2.31. The maximum Gasteiger partial charge on any atom is 0.253 e. The number of aryl methyl sites for hydroxylation is 4. The van der Waals surface area contributed by atoms with Gasteiger partial charge >= 0.3 is 0 Å². The van der Waals surface area contributed by atoms with Crippen molar-refractivity contribution in [1.82, 2.24) is 35.1 Å². The fraction of sp³-hybridized carbons (Fsp3) is 0.229. The second-order valence-corrected chi connectivity index (χ2v) is 11.1. The van der Waals surface area contributed by atoms with Gasteiger partial charge in [-0.15, -0.1) is 5.10 Å². The summed E-state index contributed by atoms with van der Waals surface area (Å²) in [6, 6.07) is 27.8. The quantitative estimate of drug-likeness (QED) is 0.212. The third kappa shape index (κ3) is 6.43. The van der Waals surface area contributed by atoms with Crippen LogP contribution in [0.2, 0.25) is 0 Å². The number of hydrogen-bond acceptors (Lipinski definition) is 7. The molecule has 0 fully saturated rings. The fourth-order valence-electron chi connectivity index (χ4n) is 5.57. The Hall–Kier alpha value is -5.15. The van der Waals surface area contributed by atoms with Crippen molar-refractivity contribution in [3.8, 4) is 5.75 Å². The number of benzene rings is 3. The van der Waals surface area contributed by atoms with E-state index in [4.69, 9.17) is 4.74 Å². The number of hydrogen-bond donors (Lipinski definition) is 1. The average molecular weight is 586 g/mol. The van der Waals surface area contributed by atoms with Gasteiger partial charge in [-0.05, 0) is 100 Å². The van der Waals surface area contributed by atoms with Crippen molar-refractivity contribution in [1.29, 1.82) is 0 Å². The second kappa shape index (κ2) is 13.0. The Labute approximate surface area is 256 Å². The number of nitrogens with one attached hydrogen (secondary N) is 1. The smallest absolute Gasteiger partial charge is 0.253 e. The van der Waals surface area contributed by atoms with E-state index in [1.807, 2.05) is 77.6 Å². The zero-order chi connectivity index (χ0) is 30.5. The van der Waals surface area contributed by atoms with Gasteiger partial charge in [0, 0.05) is 43.1 Å². The first kappa shape index (κ1) is 28.9. The van der Waals surface area contributed by atoms with Crippen molar-refractivity contribution in [3.63, 3.8) is 0 Å². The molecule has 0 aliphatic carbocycles. The summed E-state index contributed by atoms with van der Waals surface area (Å²) >= 11 is 0. The Morgan fingerprint density at radius 3 is 2.39 bits per heavy atom. The summed E-state index contributed by atoms with van der Waals surface area (Å²) in [5.74, 6) is 1.39. The van der Waals surface area contributed by atoms with Crippen molar-refractivity contribution in [2.24, 2.45) is 0 Å². The Morgan fingerprint density at radius 2 is 1.64 bits per heavy atom. The minimum atomic E-state index is -0.558. The molecule has 0 spiro atoms. The minimum absolute atomic E-state index is 0.172. The van der Waals surface area contributed by atoms with Crippen LogP contribution in [0.25, 0.3) is 10.9 Å². The highest BCUT2D eigenvalue weighted by Gasteiger charge is 2.31. The third-order valence-electron chi connectivity index (χ3n) is 8.06. The van der Waals surface area contributed by atoms with Crippen LogP contribution in [-0.4, -0.2) is 42.2 Å². The lowest BCUT2D eigenvalue weighted by molar-refractivity contribution is 0.193. The molecule has 0 saturated carbocycles. The van der Waals surface area contributed by atoms with E-state index in [-0.39, 0.29) is 5.56 Å². The van der Waals surface area contributed by atoms with Crippen molar-refractivity contribution in [2.75, 3.05) is 7.11 Å². The zero-order valence-electron chi connectivity index (χ0n) is 25.1. The van der Waals surface area contributed by atoms with Crippen LogP contribution in [0, 0.1) is 13.8 Å². The normalized spacial score (nSPS) is 12.1. The van der Waals surface area contributed by atoms with E-state index < -0.39 is 6.04 Å². The number of ether oxygens (including phenoxy) is 1. The monoisotopic (exact) mass is 585 g/mol. The predicted octanol–water partition coefficient (Wildman–Crippen LogP) is 5.57. The highest BCUT2D eigenvalue weighted by molar-refractivity contribution is 5.81. The number of fused-ring (bicyclic) bond motifs is 1. The van der Waals surface area contributed by atoms with Gasteiger partial charge in [0.25, 0.3) is 5.56 Å². The lowest BCUT2D eigenvalue weighted by atomic mass is 9.99. The Morgan fingerprint density at radius 1 is 0.886 bits per heavy atom. The Bertz CT molecular complexity index is 1900. The Balaban J connectivity index is 1.49. The molecular weight excluding hydrogens is 550 g/mol. The van der Waals surface area contributed by atoms with E-state index in [2.05, 4.69) is 62.4 Å². The van der Waals surface area contributed by atoms with Crippen LogP contribution in [0.5, 0.6) is 5.75 Å². The van der Waals surface area contributed by atoms with E-state index in [0.29, 0.717) is 31.0 Å². The molecule has 0 aliphatic rings. The Kier molecular flexibility index (Phi) is 8.56.